The first-order chi connectivity index (χ1) is 9.61. The fourth-order valence-corrected chi connectivity index (χ4v) is 2.01. The predicted octanol–water partition coefficient (Wildman–Crippen LogP) is 1.36. The number of aliphatic carboxylic acids is 1. The number of fused-ring (bicyclic) bond motifs is 1. The Morgan fingerprint density at radius 2 is 2.30 bits per heavy atom. The highest BCUT2D eigenvalue weighted by atomic mass is 16.5. The van der Waals surface area contributed by atoms with Gasteiger partial charge in [0.2, 0.25) is 0 Å². The molecule has 2 N–H and O–H groups in total. The largest absolute Gasteiger partial charge is 0.487 e. The van der Waals surface area contributed by atoms with Gasteiger partial charge in [0.15, 0.2) is 6.04 Å². The van der Waals surface area contributed by atoms with Crippen LogP contribution in [0, 0.1) is 0 Å². The first-order valence-corrected chi connectivity index (χ1v) is 6.13. The molecule has 6 heteroatoms. The summed E-state index contributed by atoms with van der Waals surface area (Å²) in [7, 11) is 0. The third-order valence-corrected chi connectivity index (χ3v) is 2.92. The Balaban J connectivity index is 2.02. The summed E-state index contributed by atoms with van der Waals surface area (Å²) in [4.78, 5) is 22.7. The number of ether oxygens (including phenoxy) is 2. The van der Waals surface area contributed by atoms with Gasteiger partial charge in [-0.15, -0.1) is 0 Å². The average molecular weight is 277 g/mol. The third kappa shape index (κ3) is 3.09. The van der Waals surface area contributed by atoms with Gasteiger partial charge in [-0.2, -0.15) is 0 Å². The van der Waals surface area contributed by atoms with Crippen LogP contribution in [0.2, 0.25) is 0 Å². The summed E-state index contributed by atoms with van der Waals surface area (Å²) in [6.07, 6.45) is 0.365. The molecule has 1 heterocycles. The van der Waals surface area contributed by atoms with Crippen LogP contribution in [0.4, 0.5) is 4.79 Å². The fourth-order valence-electron chi connectivity index (χ4n) is 2.01. The number of rotatable bonds is 5. The summed E-state index contributed by atoms with van der Waals surface area (Å²) in [6.45, 7) is 3.42. The summed E-state index contributed by atoms with van der Waals surface area (Å²) in [5, 5.41) is 11.5. The maximum absolute atomic E-state index is 11.4. The Labute approximate surface area is 116 Å². The summed E-state index contributed by atoms with van der Waals surface area (Å²) in [5.41, 5.74) is 0.921. The number of nitrogens with one attached hydrogen (secondary N) is 1. The number of carbonyl (C=O) groups excluding carboxylic acids is 1. The molecule has 0 radical (unpaired) electrons. The maximum atomic E-state index is 11.4. The average Bonchev–Trinajstić information content (AvgIpc) is 2.85. The predicted molar refractivity (Wildman–Crippen MR) is 70.7 cm³/mol. The molecule has 2 rings (SSSR count). The van der Waals surface area contributed by atoms with Gasteiger partial charge in [0.1, 0.15) is 18.5 Å². The van der Waals surface area contributed by atoms with E-state index in [1.807, 2.05) is 18.2 Å². The van der Waals surface area contributed by atoms with E-state index in [-0.39, 0.29) is 6.61 Å². The highest BCUT2D eigenvalue weighted by molar-refractivity contribution is 5.80. The molecule has 0 fully saturated rings. The quantitative estimate of drug-likeness (QED) is 0.794. The Morgan fingerprint density at radius 3 is 2.95 bits per heavy atom. The van der Waals surface area contributed by atoms with E-state index in [9.17, 15) is 14.7 Å². The van der Waals surface area contributed by atoms with Crippen LogP contribution in [0.25, 0.3) is 0 Å². The van der Waals surface area contributed by atoms with Crippen LogP contribution in [0.5, 0.6) is 5.75 Å². The molecule has 0 saturated heterocycles. The van der Waals surface area contributed by atoms with Crippen LogP contribution in [0.1, 0.15) is 5.56 Å². The molecule has 1 aromatic carbocycles. The van der Waals surface area contributed by atoms with E-state index < -0.39 is 24.2 Å². The van der Waals surface area contributed by atoms with E-state index >= 15 is 0 Å². The second-order valence-electron chi connectivity index (χ2n) is 4.32. The lowest BCUT2D eigenvalue weighted by molar-refractivity contribution is -0.141. The van der Waals surface area contributed by atoms with Crippen molar-refractivity contribution in [3.63, 3.8) is 0 Å². The number of para-hydroxylation sites is 1. The van der Waals surface area contributed by atoms with Crippen LogP contribution in [-0.2, 0) is 16.0 Å². The molecule has 6 nitrogen and oxygen atoms in total. The van der Waals surface area contributed by atoms with Crippen molar-refractivity contribution in [2.45, 2.75) is 18.6 Å². The molecule has 20 heavy (non-hydrogen) atoms. The van der Waals surface area contributed by atoms with Crippen molar-refractivity contribution in [1.82, 2.24) is 5.32 Å². The van der Waals surface area contributed by atoms with Crippen molar-refractivity contribution >= 4 is 12.1 Å². The second-order valence-corrected chi connectivity index (χ2v) is 4.32. The number of hydrogen-bond donors (Lipinski definition) is 2. The topological polar surface area (TPSA) is 84.9 Å². The normalized spacial score (nSPS) is 17.5. The maximum Gasteiger partial charge on any atom is 0.408 e. The van der Waals surface area contributed by atoms with Crippen molar-refractivity contribution in [3.05, 3.63) is 42.5 Å². The highest BCUT2D eigenvalue weighted by Crippen LogP contribution is 2.29. The van der Waals surface area contributed by atoms with Gasteiger partial charge < -0.3 is 19.9 Å². The number of carboxylic acids is 1. The van der Waals surface area contributed by atoms with Gasteiger partial charge in [-0.1, -0.05) is 30.9 Å². The smallest absolute Gasteiger partial charge is 0.408 e. The molecule has 106 valence electrons. The summed E-state index contributed by atoms with van der Waals surface area (Å²) in [5.74, 6) is -0.525. The molecular weight excluding hydrogens is 262 g/mol. The first-order valence-electron chi connectivity index (χ1n) is 6.13. The van der Waals surface area contributed by atoms with Gasteiger partial charge in [0.25, 0.3) is 0 Å². The van der Waals surface area contributed by atoms with Crippen molar-refractivity contribution in [3.8, 4) is 5.75 Å². The molecule has 0 aliphatic carbocycles. The minimum absolute atomic E-state index is 0.0178. The fraction of sp³-hybridized carbons (Fsp3) is 0.286. The lowest BCUT2D eigenvalue weighted by atomic mass is 10.0. The van der Waals surface area contributed by atoms with Gasteiger partial charge in [-0.25, -0.2) is 9.59 Å². The lowest BCUT2D eigenvalue weighted by Crippen LogP contribution is -2.50. The van der Waals surface area contributed by atoms with E-state index in [4.69, 9.17) is 9.47 Å². The zero-order valence-corrected chi connectivity index (χ0v) is 10.7. The second kappa shape index (κ2) is 6.10. The monoisotopic (exact) mass is 277 g/mol. The molecular formula is C14H15NO5. The Bertz CT molecular complexity index is 503. The summed E-state index contributed by atoms with van der Waals surface area (Å²) >= 11 is 0. The van der Waals surface area contributed by atoms with Gasteiger partial charge in [-0.3, -0.25) is 0 Å². The van der Waals surface area contributed by atoms with Crippen LogP contribution in [0.3, 0.4) is 0 Å². The third-order valence-electron chi connectivity index (χ3n) is 2.92. The SMILES string of the molecule is C=CCOC(=O)NC(C(=O)O)C1Cc2ccccc2O1. The number of amides is 1. The Kier molecular flexibility index (Phi) is 4.24. The number of carbonyl (C=O) groups is 2. The Morgan fingerprint density at radius 1 is 1.55 bits per heavy atom. The Hall–Kier alpha value is -2.50. The zero-order chi connectivity index (χ0) is 14.5. The minimum atomic E-state index is -1.17. The van der Waals surface area contributed by atoms with Gasteiger partial charge in [0, 0.05) is 6.42 Å². The van der Waals surface area contributed by atoms with Gasteiger partial charge >= 0.3 is 12.1 Å². The van der Waals surface area contributed by atoms with Crippen LogP contribution >= 0.6 is 0 Å². The highest BCUT2D eigenvalue weighted by Gasteiger charge is 2.36. The first kappa shape index (κ1) is 13.9. The van der Waals surface area contributed by atoms with E-state index in [1.165, 1.54) is 6.08 Å². The van der Waals surface area contributed by atoms with E-state index in [0.29, 0.717) is 12.2 Å². The van der Waals surface area contributed by atoms with E-state index in [0.717, 1.165) is 5.56 Å². The lowest BCUT2D eigenvalue weighted by Gasteiger charge is -2.20. The van der Waals surface area contributed by atoms with Gasteiger partial charge in [0.05, 0.1) is 0 Å². The zero-order valence-electron chi connectivity index (χ0n) is 10.7. The number of hydrogen-bond acceptors (Lipinski definition) is 4. The molecule has 1 aromatic rings. The van der Waals surface area contributed by atoms with Crippen LogP contribution in [0.15, 0.2) is 36.9 Å². The molecule has 0 aromatic heterocycles. The molecule has 1 aliphatic heterocycles. The van der Waals surface area contributed by atoms with E-state index in [1.54, 1.807) is 6.07 Å². The molecule has 0 spiro atoms. The van der Waals surface area contributed by atoms with Crippen molar-refractivity contribution in [2.75, 3.05) is 6.61 Å². The van der Waals surface area contributed by atoms with Gasteiger partial charge in [-0.05, 0) is 11.6 Å². The van der Waals surface area contributed by atoms with Crippen LogP contribution < -0.4 is 10.1 Å². The summed E-state index contributed by atoms with van der Waals surface area (Å²) < 4.78 is 10.3. The molecule has 0 saturated carbocycles. The molecule has 0 bridgehead atoms. The number of alkyl carbamates (subject to hydrolysis) is 1. The van der Waals surface area contributed by atoms with E-state index in [2.05, 4.69) is 11.9 Å². The minimum Gasteiger partial charge on any atom is -0.487 e. The molecule has 2 unspecified atom stereocenters. The molecule has 1 aliphatic rings. The molecule has 1 amide bonds. The van der Waals surface area contributed by atoms with Crippen molar-refractivity contribution in [2.24, 2.45) is 0 Å². The number of benzene rings is 1. The van der Waals surface area contributed by atoms with Crippen LogP contribution in [-0.4, -0.2) is 35.9 Å². The number of carboxylic acid groups (broad SMARTS) is 1. The van der Waals surface area contributed by atoms with Crippen molar-refractivity contribution < 1.29 is 24.2 Å². The van der Waals surface area contributed by atoms with Crippen molar-refractivity contribution in [1.29, 1.82) is 0 Å². The standard InChI is InChI=1S/C14H15NO5/c1-2-7-19-14(18)15-12(13(16)17)11-8-9-5-3-4-6-10(9)20-11/h2-6,11-12H,1,7-8H2,(H,15,18)(H,16,17). The summed E-state index contributed by atoms with van der Waals surface area (Å²) in [6, 6.07) is 6.13. The molecule has 2 atom stereocenters.